The van der Waals surface area contributed by atoms with Crippen molar-refractivity contribution in [3.05, 3.63) is 0 Å². The van der Waals surface area contributed by atoms with Crippen LogP contribution in [0.2, 0.25) is 0 Å². The summed E-state index contributed by atoms with van der Waals surface area (Å²) >= 11 is 0. The van der Waals surface area contributed by atoms with E-state index in [2.05, 4.69) is 0 Å². The fraction of sp³-hybridized carbons (Fsp3) is 1.00. The fourth-order valence-electron chi connectivity index (χ4n) is 3.39. The van der Waals surface area contributed by atoms with Gasteiger partial charge in [0.15, 0.2) is 0 Å². The number of rotatable bonds is 5. The molecule has 0 bridgehead atoms. The lowest BCUT2D eigenvalue weighted by molar-refractivity contribution is 0.172. The van der Waals surface area contributed by atoms with Gasteiger partial charge < -0.3 is 5.73 Å². The highest BCUT2D eigenvalue weighted by atomic mass is 32.2. The smallest absolute Gasteiger partial charge is 0.215 e. The molecule has 20 heavy (non-hydrogen) atoms. The largest absolute Gasteiger partial charge is 0.329 e. The Morgan fingerprint density at radius 2 is 1.60 bits per heavy atom. The Kier molecular flexibility index (Phi) is 6.05. The van der Waals surface area contributed by atoms with Gasteiger partial charge in [0.1, 0.15) is 0 Å². The van der Waals surface area contributed by atoms with Gasteiger partial charge in [-0.3, -0.25) is 0 Å². The van der Waals surface area contributed by atoms with Gasteiger partial charge in [0.2, 0.25) is 10.0 Å². The van der Waals surface area contributed by atoms with Gasteiger partial charge in [0, 0.05) is 18.6 Å². The number of sulfonamides is 1. The Bertz CT molecular complexity index is 391. The number of nitrogens with zero attached hydrogens (tertiary/aromatic N) is 1. The molecular formula is C15H32N2O2S. The Balaban J connectivity index is 3.07. The minimum Gasteiger partial charge on any atom is -0.329 e. The summed E-state index contributed by atoms with van der Waals surface area (Å²) in [7, 11) is -3.26. The van der Waals surface area contributed by atoms with Gasteiger partial charge in [0.05, 0.1) is 5.75 Å². The first-order valence-electron chi connectivity index (χ1n) is 7.87. The highest BCUT2D eigenvalue weighted by molar-refractivity contribution is 7.89. The summed E-state index contributed by atoms with van der Waals surface area (Å²) in [5.74, 6) is 0.190. The maximum atomic E-state index is 12.8. The lowest BCUT2D eigenvalue weighted by Crippen LogP contribution is -2.57. The Morgan fingerprint density at radius 1 is 1.10 bits per heavy atom. The highest BCUT2D eigenvalue weighted by Gasteiger charge is 2.42. The molecule has 0 saturated heterocycles. The normalized spacial score (nSPS) is 20.9. The summed E-state index contributed by atoms with van der Waals surface area (Å²) in [6.07, 6.45) is 6.36. The molecule has 1 aliphatic rings. The molecule has 1 rings (SSSR count). The molecule has 120 valence electrons. The van der Waals surface area contributed by atoms with Crippen molar-refractivity contribution in [3.63, 3.8) is 0 Å². The molecule has 0 aromatic heterocycles. The van der Waals surface area contributed by atoms with Crippen molar-refractivity contribution >= 4 is 10.0 Å². The summed E-state index contributed by atoms with van der Waals surface area (Å²) in [5, 5.41) is 0. The molecule has 0 unspecified atom stereocenters. The van der Waals surface area contributed by atoms with Crippen LogP contribution in [0, 0.1) is 5.41 Å². The van der Waals surface area contributed by atoms with Crippen LogP contribution in [0.5, 0.6) is 0 Å². The van der Waals surface area contributed by atoms with Crippen molar-refractivity contribution in [2.24, 2.45) is 11.1 Å². The van der Waals surface area contributed by atoms with Gasteiger partial charge in [0.25, 0.3) is 0 Å². The van der Waals surface area contributed by atoms with E-state index in [9.17, 15) is 8.42 Å². The van der Waals surface area contributed by atoms with E-state index in [1.807, 2.05) is 27.7 Å². The first-order valence-corrected chi connectivity index (χ1v) is 9.48. The van der Waals surface area contributed by atoms with E-state index in [-0.39, 0.29) is 16.7 Å². The summed E-state index contributed by atoms with van der Waals surface area (Å²) in [4.78, 5) is 0. The van der Waals surface area contributed by atoms with Crippen LogP contribution in [0.15, 0.2) is 0 Å². The standard InChI is InChI=1S/C15H32N2O2S/c1-5-17(20(18,19)13-14(2,3)4)15(12-16)10-8-6-7-9-11-15/h5-13,16H2,1-4H3. The van der Waals surface area contributed by atoms with E-state index >= 15 is 0 Å². The molecule has 0 amide bonds. The topological polar surface area (TPSA) is 63.4 Å². The molecule has 0 aromatic rings. The molecule has 0 atom stereocenters. The molecule has 0 aromatic carbocycles. The molecule has 0 aliphatic heterocycles. The summed E-state index contributed by atoms with van der Waals surface area (Å²) in [6.45, 7) is 8.81. The minimum absolute atomic E-state index is 0.190. The molecule has 2 N–H and O–H groups in total. The van der Waals surface area contributed by atoms with Gasteiger partial charge in [-0.25, -0.2) is 8.42 Å². The third-order valence-electron chi connectivity index (χ3n) is 4.18. The second-order valence-corrected chi connectivity index (χ2v) is 9.22. The summed E-state index contributed by atoms with van der Waals surface area (Å²) in [6, 6.07) is 0. The van der Waals surface area contributed by atoms with Gasteiger partial charge in [-0.15, -0.1) is 0 Å². The average molecular weight is 305 g/mol. The lowest BCUT2D eigenvalue weighted by Gasteiger charge is -2.42. The van der Waals surface area contributed by atoms with Crippen LogP contribution < -0.4 is 5.73 Å². The maximum absolute atomic E-state index is 12.8. The van der Waals surface area contributed by atoms with E-state index in [4.69, 9.17) is 5.73 Å². The Labute approximate surface area is 125 Å². The van der Waals surface area contributed by atoms with Crippen LogP contribution in [-0.2, 0) is 10.0 Å². The highest BCUT2D eigenvalue weighted by Crippen LogP contribution is 2.35. The molecule has 4 nitrogen and oxygen atoms in total. The number of hydrogen-bond donors (Lipinski definition) is 1. The average Bonchev–Trinajstić information content (AvgIpc) is 2.52. The number of likely N-dealkylation sites (N-methyl/N-ethyl adjacent to an activating group) is 1. The van der Waals surface area contributed by atoms with Crippen molar-refractivity contribution in [1.82, 2.24) is 4.31 Å². The first-order chi connectivity index (χ1) is 9.17. The predicted molar refractivity (Wildman–Crippen MR) is 85.1 cm³/mol. The Morgan fingerprint density at radius 3 is 1.95 bits per heavy atom. The van der Waals surface area contributed by atoms with Gasteiger partial charge in [-0.2, -0.15) is 4.31 Å². The van der Waals surface area contributed by atoms with Crippen molar-refractivity contribution < 1.29 is 8.42 Å². The summed E-state index contributed by atoms with van der Waals surface area (Å²) in [5.41, 5.74) is 5.46. The molecule has 1 fully saturated rings. The van der Waals surface area contributed by atoms with Gasteiger partial charge >= 0.3 is 0 Å². The quantitative estimate of drug-likeness (QED) is 0.794. The van der Waals surface area contributed by atoms with Crippen LogP contribution in [-0.4, -0.2) is 37.1 Å². The van der Waals surface area contributed by atoms with Crippen molar-refractivity contribution in [1.29, 1.82) is 0 Å². The second kappa shape index (κ2) is 6.75. The molecule has 0 spiro atoms. The van der Waals surface area contributed by atoms with E-state index in [1.54, 1.807) is 4.31 Å². The maximum Gasteiger partial charge on any atom is 0.215 e. The van der Waals surface area contributed by atoms with Crippen molar-refractivity contribution in [3.8, 4) is 0 Å². The van der Waals surface area contributed by atoms with Crippen LogP contribution >= 0.6 is 0 Å². The zero-order valence-corrected chi connectivity index (χ0v) is 14.4. The van der Waals surface area contributed by atoms with E-state index in [0.717, 1.165) is 25.7 Å². The third kappa shape index (κ3) is 4.43. The van der Waals surface area contributed by atoms with E-state index < -0.39 is 10.0 Å². The van der Waals surface area contributed by atoms with E-state index in [0.29, 0.717) is 13.1 Å². The lowest BCUT2D eigenvalue weighted by atomic mass is 9.90. The monoisotopic (exact) mass is 304 g/mol. The molecule has 1 aliphatic carbocycles. The molecule has 0 radical (unpaired) electrons. The van der Waals surface area contributed by atoms with Crippen LogP contribution in [0.4, 0.5) is 0 Å². The molecule has 1 saturated carbocycles. The zero-order chi connectivity index (χ0) is 15.4. The second-order valence-electron chi connectivity index (χ2n) is 7.32. The molecule has 0 heterocycles. The van der Waals surface area contributed by atoms with Crippen LogP contribution in [0.25, 0.3) is 0 Å². The molecular weight excluding hydrogens is 272 g/mol. The molecule has 5 heteroatoms. The Hall–Kier alpha value is -0.130. The van der Waals surface area contributed by atoms with Gasteiger partial charge in [-0.1, -0.05) is 53.4 Å². The van der Waals surface area contributed by atoms with Crippen molar-refractivity contribution in [2.45, 2.75) is 71.8 Å². The fourth-order valence-corrected chi connectivity index (χ4v) is 5.89. The van der Waals surface area contributed by atoms with Gasteiger partial charge in [-0.05, 0) is 18.3 Å². The minimum atomic E-state index is -3.26. The van der Waals surface area contributed by atoms with Crippen molar-refractivity contribution in [2.75, 3.05) is 18.8 Å². The van der Waals surface area contributed by atoms with Crippen LogP contribution in [0.3, 0.4) is 0 Å². The zero-order valence-electron chi connectivity index (χ0n) is 13.6. The number of hydrogen-bond acceptors (Lipinski definition) is 3. The van der Waals surface area contributed by atoms with Crippen LogP contribution in [0.1, 0.15) is 66.2 Å². The first kappa shape index (κ1) is 17.9. The third-order valence-corrected chi connectivity index (χ3v) is 6.73. The number of nitrogens with two attached hydrogens (primary N) is 1. The summed E-state index contributed by atoms with van der Waals surface area (Å²) < 4.78 is 27.4. The predicted octanol–water partition coefficient (Wildman–Crippen LogP) is 2.74. The SMILES string of the molecule is CCN(C1(CN)CCCCCC1)S(=O)(=O)CC(C)(C)C. The van der Waals surface area contributed by atoms with E-state index in [1.165, 1.54) is 12.8 Å².